The number of rotatable bonds is 6. The highest BCUT2D eigenvalue weighted by Gasteiger charge is 2.18. The van der Waals surface area contributed by atoms with Crippen molar-refractivity contribution < 1.29 is 0 Å². The molecule has 2 aliphatic rings. The Kier molecular flexibility index (Phi) is 12.1. The van der Waals surface area contributed by atoms with Gasteiger partial charge in [-0.05, 0) is 78.0 Å². The summed E-state index contributed by atoms with van der Waals surface area (Å²) in [6.07, 6.45) is 7.72. The van der Waals surface area contributed by atoms with Crippen LogP contribution >= 0.6 is 24.0 Å². The minimum atomic E-state index is 0. The van der Waals surface area contributed by atoms with Crippen molar-refractivity contribution in [2.24, 2.45) is 10.9 Å². The molecule has 1 heterocycles. The molecule has 0 aromatic heterocycles. The molecule has 1 saturated heterocycles. The first-order chi connectivity index (χ1) is 11.7. The summed E-state index contributed by atoms with van der Waals surface area (Å²) in [4.78, 5) is 9.85. The Morgan fingerprint density at radius 3 is 2.56 bits per heavy atom. The van der Waals surface area contributed by atoms with Gasteiger partial charge in [0.2, 0.25) is 0 Å². The summed E-state index contributed by atoms with van der Waals surface area (Å²) in [5, 5.41) is 7.06. The first-order valence-corrected chi connectivity index (χ1v) is 10.1. The zero-order valence-corrected chi connectivity index (χ0v) is 18.9. The minimum Gasteiger partial charge on any atom is -0.357 e. The predicted octanol–water partition coefficient (Wildman–Crippen LogP) is 2.77. The lowest BCUT2D eigenvalue weighted by Gasteiger charge is -2.28. The van der Waals surface area contributed by atoms with E-state index in [0.717, 1.165) is 31.4 Å². The van der Waals surface area contributed by atoms with Gasteiger partial charge in [-0.1, -0.05) is 6.92 Å². The molecule has 0 unspecified atom stereocenters. The number of hydrogen-bond donors (Lipinski definition) is 2. The van der Waals surface area contributed by atoms with E-state index in [0.29, 0.717) is 6.04 Å². The number of nitrogens with one attached hydrogen (secondary N) is 2. The second kappa shape index (κ2) is 13.1. The van der Waals surface area contributed by atoms with Crippen molar-refractivity contribution in [2.45, 2.75) is 58.4 Å². The third kappa shape index (κ3) is 9.43. The summed E-state index contributed by atoms with van der Waals surface area (Å²) >= 11 is 0. The van der Waals surface area contributed by atoms with Gasteiger partial charge in [-0.25, -0.2) is 0 Å². The van der Waals surface area contributed by atoms with E-state index in [1.165, 1.54) is 64.8 Å². The maximum atomic E-state index is 4.81. The highest BCUT2D eigenvalue weighted by atomic mass is 127. The van der Waals surface area contributed by atoms with Crippen LogP contribution in [0.15, 0.2) is 4.99 Å². The van der Waals surface area contributed by atoms with Crippen LogP contribution in [0.2, 0.25) is 0 Å². The highest BCUT2D eigenvalue weighted by molar-refractivity contribution is 14.0. The third-order valence-electron chi connectivity index (χ3n) is 5.42. The molecule has 2 rings (SSSR count). The summed E-state index contributed by atoms with van der Waals surface area (Å²) in [5.74, 6) is 1.92. The molecular weight excluding hydrogens is 425 g/mol. The number of aliphatic imine (C=N–C) groups is 1. The van der Waals surface area contributed by atoms with Crippen LogP contribution in [0.1, 0.15) is 52.4 Å². The Bertz CT molecular complexity index is 369. The SMILES string of the molecule is CCNC(=NCCCN1CCCN(C)CC1)NC1CCC(C)CC1.I. The Balaban J connectivity index is 0.00000312. The summed E-state index contributed by atoms with van der Waals surface area (Å²) in [6, 6.07) is 0.611. The van der Waals surface area contributed by atoms with E-state index in [1.54, 1.807) is 0 Å². The Morgan fingerprint density at radius 1 is 1.08 bits per heavy atom. The molecule has 1 saturated carbocycles. The lowest BCUT2D eigenvalue weighted by molar-refractivity contribution is 0.275. The quantitative estimate of drug-likeness (QED) is 0.274. The second-order valence-electron chi connectivity index (χ2n) is 7.71. The zero-order valence-electron chi connectivity index (χ0n) is 16.6. The third-order valence-corrected chi connectivity index (χ3v) is 5.42. The Morgan fingerprint density at radius 2 is 1.84 bits per heavy atom. The molecular formula is C19H40IN5. The van der Waals surface area contributed by atoms with Gasteiger partial charge >= 0.3 is 0 Å². The standard InChI is InChI=1S/C19H39N5.HI/c1-4-20-19(22-18-9-7-17(2)8-10-18)21-11-5-13-24-14-6-12-23(3)15-16-24;/h17-18H,4-16H2,1-3H3,(H2,20,21,22);1H. The van der Waals surface area contributed by atoms with Crippen molar-refractivity contribution in [1.82, 2.24) is 20.4 Å². The first-order valence-electron chi connectivity index (χ1n) is 10.1. The average molecular weight is 465 g/mol. The molecule has 0 radical (unpaired) electrons. The van der Waals surface area contributed by atoms with Gasteiger partial charge in [0.15, 0.2) is 5.96 Å². The molecule has 0 spiro atoms. The van der Waals surface area contributed by atoms with Crippen LogP contribution in [-0.4, -0.2) is 74.7 Å². The molecule has 1 aliphatic heterocycles. The van der Waals surface area contributed by atoms with Gasteiger partial charge in [-0.2, -0.15) is 0 Å². The van der Waals surface area contributed by atoms with Crippen LogP contribution in [0.5, 0.6) is 0 Å². The topological polar surface area (TPSA) is 42.9 Å². The van der Waals surface area contributed by atoms with E-state index in [-0.39, 0.29) is 24.0 Å². The van der Waals surface area contributed by atoms with Crippen molar-refractivity contribution in [1.29, 1.82) is 0 Å². The normalized spacial score (nSPS) is 26.6. The molecule has 6 heteroatoms. The largest absolute Gasteiger partial charge is 0.357 e. The summed E-state index contributed by atoms with van der Waals surface area (Å²) in [6.45, 7) is 12.4. The number of hydrogen-bond acceptors (Lipinski definition) is 3. The number of guanidine groups is 1. The van der Waals surface area contributed by atoms with Crippen LogP contribution in [0.25, 0.3) is 0 Å². The number of likely N-dealkylation sites (N-methyl/N-ethyl adjacent to an activating group) is 1. The fourth-order valence-corrected chi connectivity index (χ4v) is 3.73. The fraction of sp³-hybridized carbons (Fsp3) is 0.947. The summed E-state index contributed by atoms with van der Waals surface area (Å²) in [7, 11) is 2.23. The summed E-state index contributed by atoms with van der Waals surface area (Å²) in [5.41, 5.74) is 0. The lowest BCUT2D eigenvalue weighted by Crippen LogP contribution is -2.44. The van der Waals surface area contributed by atoms with E-state index in [1.807, 2.05) is 0 Å². The van der Waals surface area contributed by atoms with Gasteiger partial charge in [0, 0.05) is 32.2 Å². The predicted molar refractivity (Wildman–Crippen MR) is 119 cm³/mol. The van der Waals surface area contributed by atoms with Crippen LogP contribution in [0.3, 0.4) is 0 Å². The molecule has 2 N–H and O–H groups in total. The molecule has 0 amide bonds. The minimum absolute atomic E-state index is 0. The number of halogens is 1. The fourth-order valence-electron chi connectivity index (χ4n) is 3.73. The van der Waals surface area contributed by atoms with Crippen LogP contribution in [0.4, 0.5) is 0 Å². The van der Waals surface area contributed by atoms with Gasteiger partial charge in [0.25, 0.3) is 0 Å². The van der Waals surface area contributed by atoms with E-state index >= 15 is 0 Å². The lowest BCUT2D eigenvalue weighted by atomic mass is 9.87. The average Bonchev–Trinajstić information content (AvgIpc) is 2.78. The first kappa shape index (κ1) is 23.0. The van der Waals surface area contributed by atoms with Gasteiger partial charge in [0.1, 0.15) is 0 Å². The molecule has 148 valence electrons. The molecule has 0 aromatic rings. The molecule has 0 bridgehead atoms. The van der Waals surface area contributed by atoms with Crippen LogP contribution in [-0.2, 0) is 0 Å². The molecule has 0 atom stereocenters. The molecule has 0 aromatic carbocycles. The van der Waals surface area contributed by atoms with Gasteiger partial charge in [-0.15, -0.1) is 24.0 Å². The van der Waals surface area contributed by atoms with E-state index in [2.05, 4.69) is 41.3 Å². The monoisotopic (exact) mass is 465 g/mol. The van der Waals surface area contributed by atoms with Gasteiger partial charge in [0.05, 0.1) is 0 Å². The highest BCUT2D eigenvalue weighted by Crippen LogP contribution is 2.23. The van der Waals surface area contributed by atoms with Gasteiger partial charge in [-0.3, -0.25) is 4.99 Å². The van der Waals surface area contributed by atoms with Gasteiger partial charge < -0.3 is 20.4 Å². The molecule has 25 heavy (non-hydrogen) atoms. The number of nitrogens with zero attached hydrogens (tertiary/aromatic N) is 3. The zero-order chi connectivity index (χ0) is 17.2. The van der Waals surface area contributed by atoms with E-state index in [4.69, 9.17) is 4.99 Å². The maximum absolute atomic E-state index is 4.81. The Hall–Kier alpha value is -0.0800. The summed E-state index contributed by atoms with van der Waals surface area (Å²) < 4.78 is 0. The van der Waals surface area contributed by atoms with Crippen molar-refractivity contribution in [3.05, 3.63) is 0 Å². The van der Waals surface area contributed by atoms with Crippen molar-refractivity contribution in [3.8, 4) is 0 Å². The molecule has 5 nitrogen and oxygen atoms in total. The van der Waals surface area contributed by atoms with Crippen molar-refractivity contribution in [2.75, 3.05) is 52.9 Å². The molecule has 1 aliphatic carbocycles. The second-order valence-corrected chi connectivity index (χ2v) is 7.71. The van der Waals surface area contributed by atoms with Crippen molar-refractivity contribution in [3.63, 3.8) is 0 Å². The van der Waals surface area contributed by atoms with Crippen molar-refractivity contribution >= 4 is 29.9 Å². The van der Waals surface area contributed by atoms with E-state index in [9.17, 15) is 0 Å². The smallest absolute Gasteiger partial charge is 0.191 e. The molecule has 2 fully saturated rings. The maximum Gasteiger partial charge on any atom is 0.191 e. The van der Waals surface area contributed by atoms with Crippen LogP contribution in [0, 0.1) is 5.92 Å². The van der Waals surface area contributed by atoms with Crippen LogP contribution < -0.4 is 10.6 Å². The van der Waals surface area contributed by atoms with E-state index < -0.39 is 0 Å². The Labute approximate surface area is 172 Å².